The summed E-state index contributed by atoms with van der Waals surface area (Å²) in [5.41, 5.74) is 1.76. The Morgan fingerprint density at radius 1 is 1.31 bits per heavy atom. The van der Waals surface area contributed by atoms with Gasteiger partial charge in [-0.3, -0.25) is 26.1 Å². The smallest absolute Gasteiger partial charge is 0.223 e. The number of β-amino-alcohol motifs (C(OH)–C–C–N with tert-alkyl or cyclic N) is 1. The van der Waals surface area contributed by atoms with Gasteiger partial charge < -0.3 is 20.6 Å². The molecule has 1 atom stereocenters. The molecule has 1 saturated heterocycles. The van der Waals surface area contributed by atoms with E-state index in [0.717, 1.165) is 17.5 Å². The van der Waals surface area contributed by atoms with E-state index in [1.807, 2.05) is 38.1 Å². The van der Waals surface area contributed by atoms with Gasteiger partial charge in [0.1, 0.15) is 0 Å². The van der Waals surface area contributed by atoms with Crippen LogP contribution in [0.4, 0.5) is 0 Å². The van der Waals surface area contributed by atoms with Crippen LogP contribution in [0.5, 0.6) is 0 Å². The summed E-state index contributed by atoms with van der Waals surface area (Å²) in [7, 11) is 0. The number of aliphatic hydroxyl groups excluding tert-OH is 1. The van der Waals surface area contributed by atoms with E-state index in [1.165, 1.54) is 6.92 Å². The number of hydrazine groups is 1. The zero-order chi connectivity index (χ0) is 24.6. The Hall–Kier alpha value is -2.93. The molecule has 1 aromatic rings. The largest absolute Gasteiger partial charge is 0.391 e. The van der Waals surface area contributed by atoms with Crippen LogP contribution in [-0.2, 0) is 20.9 Å². The number of nitrogens with zero attached hydrogens (tertiary/aromatic N) is 1. The fraction of sp³-hybridized carbons (Fsp3) is 0.522. The van der Waals surface area contributed by atoms with Crippen molar-refractivity contribution >= 4 is 18.2 Å². The van der Waals surface area contributed by atoms with Gasteiger partial charge in [-0.25, -0.2) is 0 Å². The molecular formula is C23H37N5O4. The van der Waals surface area contributed by atoms with Gasteiger partial charge in [-0.15, -0.1) is 6.42 Å². The molecule has 1 aromatic carbocycles. The first kappa shape index (κ1) is 29.1. The van der Waals surface area contributed by atoms with E-state index in [2.05, 4.69) is 28.2 Å². The maximum absolute atomic E-state index is 12.0. The zero-order valence-corrected chi connectivity index (χ0v) is 19.3. The Bertz CT molecular complexity index is 744. The zero-order valence-electron chi connectivity index (χ0n) is 19.3. The van der Waals surface area contributed by atoms with E-state index in [4.69, 9.17) is 6.42 Å². The fourth-order valence-corrected chi connectivity index (χ4v) is 3.03. The lowest BCUT2D eigenvalue weighted by atomic mass is 9.85. The maximum Gasteiger partial charge on any atom is 0.223 e. The minimum atomic E-state index is -0.364. The van der Waals surface area contributed by atoms with Crippen LogP contribution in [-0.4, -0.2) is 54.0 Å². The molecule has 9 heteroatoms. The maximum atomic E-state index is 12.0. The SMILES string of the molecule is C#Cc1ccc(CNC=O)cc1.CC(=O)NCCC(C)(C)CC(=O)N1CCC(O)C1.NN. The lowest BCUT2D eigenvalue weighted by Crippen LogP contribution is -2.34. The highest BCUT2D eigenvalue weighted by Gasteiger charge is 2.29. The van der Waals surface area contributed by atoms with E-state index < -0.39 is 0 Å². The number of aliphatic hydroxyl groups is 1. The fourth-order valence-electron chi connectivity index (χ4n) is 3.03. The molecular weight excluding hydrogens is 410 g/mol. The number of amides is 3. The third-order valence-electron chi connectivity index (χ3n) is 4.83. The van der Waals surface area contributed by atoms with Gasteiger partial charge in [0.25, 0.3) is 0 Å². The second-order valence-electron chi connectivity index (χ2n) is 8.20. The Morgan fingerprint density at radius 2 is 1.94 bits per heavy atom. The van der Waals surface area contributed by atoms with E-state index in [9.17, 15) is 19.5 Å². The number of carbonyl (C=O) groups is 3. The van der Waals surface area contributed by atoms with Crippen LogP contribution in [0.25, 0.3) is 0 Å². The van der Waals surface area contributed by atoms with Crippen LogP contribution >= 0.6 is 0 Å². The van der Waals surface area contributed by atoms with Gasteiger partial charge in [-0.2, -0.15) is 0 Å². The van der Waals surface area contributed by atoms with Crippen LogP contribution in [0.2, 0.25) is 0 Å². The number of benzene rings is 1. The predicted octanol–water partition coefficient (Wildman–Crippen LogP) is 0.255. The Balaban J connectivity index is 0.000000595. The first-order valence-corrected chi connectivity index (χ1v) is 10.4. The van der Waals surface area contributed by atoms with Crippen molar-refractivity contribution in [2.45, 2.75) is 52.7 Å². The quantitative estimate of drug-likeness (QED) is 0.167. The molecule has 0 bridgehead atoms. The highest BCUT2D eigenvalue weighted by atomic mass is 16.3. The summed E-state index contributed by atoms with van der Waals surface area (Å²) in [6.07, 6.45) is 7.40. The third kappa shape index (κ3) is 12.7. The molecule has 0 saturated carbocycles. The number of nitrogens with one attached hydrogen (secondary N) is 2. The van der Waals surface area contributed by atoms with Gasteiger partial charge in [0, 0.05) is 45.1 Å². The molecule has 0 aliphatic carbocycles. The molecule has 3 amide bonds. The van der Waals surface area contributed by atoms with Gasteiger partial charge in [-0.1, -0.05) is 31.9 Å². The normalized spacial score (nSPS) is 14.7. The van der Waals surface area contributed by atoms with Crippen molar-refractivity contribution in [2.24, 2.45) is 17.1 Å². The average Bonchev–Trinajstić information content (AvgIpc) is 3.20. The summed E-state index contributed by atoms with van der Waals surface area (Å²) < 4.78 is 0. The van der Waals surface area contributed by atoms with Gasteiger partial charge in [0.05, 0.1) is 6.10 Å². The molecule has 0 radical (unpaired) electrons. The van der Waals surface area contributed by atoms with E-state index in [-0.39, 0.29) is 23.3 Å². The van der Waals surface area contributed by atoms with Crippen LogP contribution < -0.4 is 22.3 Å². The van der Waals surface area contributed by atoms with Crippen molar-refractivity contribution in [3.05, 3.63) is 35.4 Å². The van der Waals surface area contributed by atoms with Crippen molar-refractivity contribution in [1.82, 2.24) is 15.5 Å². The van der Waals surface area contributed by atoms with E-state index in [1.54, 1.807) is 4.90 Å². The third-order valence-corrected chi connectivity index (χ3v) is 4.83. The van der Waals surface area contributed by atoms with Gasteiger partial charge in [0.2, 0.25) is 18.2 Å². The molecule has 0 aromatic heterocycles. The van der Waals surface area contributed by atoms with Crippen molar-refractivity contribution in [1.29, 1.82) is 0 Å². The minimum Gasteiger partial charge on any atom is -0.391 e. The van der Waals surface area contributed by atoms with Crippen molar-refractivity contribution in [2.75, 3.05) is 19.6 Å². The van der Waals surface area contributed by atoms with Crippen LogP contribution in [0, 0.1) is 17.8 Å². The number of terminal acetylenes is 1. The minimum absolute atomic E-state index is 0.0419. The average molecular weight is 448 g/mol. The Labute approximate surface area is 190 Å². The Morgan fingerprint density at radius 3 is 2.41 bits per heavy atom. The van der Waals surface area contributed by atoms with Crippen molar-refractivity contribution in [3.8, 4) is 12.3 Å². The molecule has 32 heavy (non-hydrogen) atoms. The lowest BCUT2D eigenvalue weighted by Gasteiger charge is -2.26. The summed E-state index contributed by atoms with van der Waals surface area (Å²) >= 11 is 0. The molecule has 1 unspecified atom stereocenters. The van der Waals surface area contributed by atoms with Crippen molar-refractivity contribution < 1.29 is 19.5 Å². The summed E-state index contributed by atoms with van der Waals surface area (Å²) in [4.78, 5) is 34.5. The second kappa shape index (κ2) is 15.8. The topological polar surface area (TPSA) is 151 Å². The van der Waals surface area contributed by atoms with Gasteiger partial charge >= 0.3 is 0 Å². The number of likely N-dealkylation sites (tertiary alicyclic amines) is 1. The summed E-state index contributed by atoms with van der Waals surface area (Å²) in [5, 5.41) is 14.7. The molecule has 1 fully saturated rings. The van der Waals surface area contributed by atoms with Crippen molar-refractivity contribution in [3.63, 3.8) is 0 Å². The highest BCUT2D eigenvalue weighted by Crippen LogP contribution is 2.26. The first-order valence-electron chi connectivity index (χ1n) is 10.4. The standard InChI is InChI=1S/C13H24N2O3.C10H9NO.H4N2/c1-10(16)14-6-5-13(2,3)8-12(18)15-7-4-11(17)9-15;1-2-9-3-5-10(6-4-9)7-11-8-12;1-2/h11,17H,4-9H2,1-3H3,(H,14,16);1,3-6,8H,7H2,(H,11,12);1-2H2. The monoisotopic (exact) mass is 447 g/mol. The highest BCUT2D eigenvalue weighted by molar-refractivity contribution is 5.77. The second-order valence-corrected chi connectivity index (χ2v) is 8.20. The van der Waals surface area contributed by atoms with Crippen LogP contribution in [0.1, 0.15) is 51.2 Å². The molecule has 0 spiro atoms. The van der Waals surface area contributed by atoms with E-state index in [0.29, 0.717) is 45.4 Å². The number of hydrogen-bond acceptors (Lipinski definition) is 6. The van der Waals surface area contributed by atoms with Gasteiger partial charge in [0.15, 0.2) is 0 Å². The van der Waals surface area contributed by atoms with E-state index >= 15 is 0 Å². The molecule has 1 heterocycles. The Kier molecular flexibility index (Phi) is 14.4. The number of rotatable bonds is 8. The lowest BCUT2D eigenvalue weighted by molar-refractivity contribution is -0.132. The van der Waals surface area contributed by atoms with Gasteiger partial charge in [-0.05, 0) is 36.0 Å². The van der Waals surface area contributed by atoms with Crippen LogP contribution in [0.3, 0.4) is 0 Å². The molecule has 1 aliphatic heterocycles. The summed E-state index contributed by atoms with van der Waals surface area (Å²) in [5.74, 6) is 10.6. The molecule has 7 N–H and O–H groups in total. The summed E-state index contributed by atoms with van der Waals surface area (Å²) in [6, 6.07) is 7.49. The number of nitrogens with two attached hydrogens (primary N) is 2. The molecule has 9 nitrogen and oxygen atoms in total. The molecule has 2 rings (SSSR count). The number of hydrogen-bond donors (Lipinski definition) is 5. The summed E-state index contributed by atoms with van der Waals surface area (Å²) in [6.45, 7) is 7.80. The first-order chi connectivity index (χ1) is 15.2. The molecule has 1 aliphatic rings. The predicted molar refractivity (Wildman–Crippen MR) is 125 cm³/mol. The number of carbonyl (C=O) groups excluding carboxylic acids is 3. The van der Waals surface area contributed by atoms with Crippen LogP contribution in [0.15, 0.2) is 24.3 Å². The molecule has 178 valence electrons.